The summed E-state index contributed by atoms with van der Waals surface area (Å²) in [7, 11) is 0. The van der Waals surface area contributed by atoms with E-state index in [4.69, 9.17) is 5.11 Å². The van der Waals surface area contributed by atoms with Crippen LogP contribution in [0, 0.1) is 0 Å². The minimum absolute atomic E-state index is 0.119. The molecule has 0 spiro atoms. The molecule has 0 aromatic heterocycles. The zero-order valence-electron chi connectivity index (χ0n) is 7.86. The number of rotatable bonds is 5. The fourth-order valence-corrected chi connectivity index (χ4v) is 0.972. The number of aliphatic hydroxyl groups excluding tert-OH is 1. The summed E-state index contributed by atoms with van der Waals surface area (Å²) in [5.74, 6) is -0.163. The van der Waals surface area contributed by atoms with Gasteiger partial charge in [0.1, 0.15) is 0 Å². The average molecular weight is 194 g/mol. The maximum Gasteiger partial charge on any atom is 0.265 e. The Labute approximate surface area is 82.9 Å². The number of hydrazine groups is 1. The summed E-state index contributed by atoms with van der Waals surface area (Å²) in [6.07, 6.45) is 0.620. The van der Waals surface area contributed by atoms with Crippen molar-refractivity contribution in [3.8, 4) is 0 Å². The van der Waals surface area contributed by atoms with Crippen LogP contribution < -0.4 is 10.9 Å². The third kappa shape index (κ3) is 3.55. The summed E-state index contributed by atoms with van der Waals surface area (Å²) in [6, 6.07) is 8.95. The van der Waals surface area contributed by atoms with Gasteiger partial charge in [-0.15, -0.1) is 0 Å². The Bertz CT molecular complexity index is 275. The van der Waals surface area contributed by atoms with Gasteiger partial charge in [-0.25, -0.2) is 5.43 Å². The highest BCUT2D eigenvalue weighted by Gasteiger charge is 2.01. The van der Waals surface area contributed by atoms with Gasteiger partial charge in [0.2, 0.25) is 0 Å². The van der Waals surface area contributed by atoms with Crippen molar-refractivity contribution in [2.45, 2.75) is 6.42 Å². The van der Waals surface area contributed by atoms with Crippen molar-refractivity contribution in [2.75, 3.05) is 13.2 Å². The fourth-order valence-electron chi connectivity index (χ4n) is 0.972. The molecule has 0 fully saturated rings. The van der Waals surface area contributed by atoms with Crippen molar-refractivity contribution >= 4 is 5.91 Å². The van der Waals surface area contributed by atoms with Gasteiger partial charge in [0.15, 0.2) is 0 Å². The van der Waals surface area contributed by atoms with E-state index in [1.807, 2.05) is 18.2 Å². The van der Waals surface area contributed by atoms with Crippen LogP contribution in [0.25, 0.3) is 0 Å². The third-order valence-electron chi connectivity index (χ3n) is 1.70. The number of carbonyl (C=O) groups is 1. The highest BCUT2D eigenvalue weighted by molar-refractivity contribution is 5.93. The highest BCUT2D eigenvalue weighted by Crippen LogP contribution is 1.96. The number of benzene rings is 1. The second-order valence-electron chi connectivity index (χ2n) is 2.82. The first kappa shape index (κ1) is 10.7. The molecule has 0 saturated carbocycles. The Morgan fingerprint density at radius 2 is 2.00 bits per heavy atom. The molecule has 1 aromatic carbocycles. The molecule has 3 N–H and O–H groups in total. The molecule has 4 nitrogen and oxygen atoms in total. The lowest BCUT2D eigenvalue weighted by molar-refractivity contribution is 0.0931. The number of nitrogens with one attached hydrogen (secondary N) is 2. The summed E-state index contributed by atoms with van der Waals surface area (Å²) in [4.78, 5) is 11.4. The first-order valence-electron chi connectivity index (χ1n) is 4.53. The monoisotopic (exact) mass is 194 g/mol. The van der Waals surface area contributed by atoms with Crippen molar-refractivity contribution in [3.05, 3.63) is 35.9 Å². The largest absolute Gasteiger partial charge is 0.396 e. The van der Waals surface area contributed by atoms with E-state index >= 15 is 0 Å². The molecule has 1 amide bonds. The Morgan fingerprint density at radius 3 is 2.64 bits per heavy atom. The normalized spacial score (nSPS) is 9.79. The number of carbonyl (C=O) groups excluding carboxylic acids is 1. The van der Waals surface area contributed by atoms with E-state index in [2.05, 4.69) is 10.9 Å². The second-order valence-corrected chi connectivity index (χ2v) is 2.82. The molecule has 0 atom stereocenters. The van der Waals surface area contributed by atoms with E-state index in [0.717, 1.165) is 0 Å². The summed E-state index contributed by atoms with van der Waals surface area (Å²) in [6.45, 7) is 0.684. The predicted octanol–water partition coefficient (Wildman–Crippen LogP) is 0.303. The maximum absolute atomic E-state index is 11.4. The van der Waals surface area contributed by atoms with E-state index < -0.39 is 0 Å². The van der Waals surface area contributed by atoms with Crippen LogP contribution >= 0.6 is 0 Å². The molecule has 0 aliphatic rings. The topological polar surface area (TPSA) is 61.4 Å². The van der Waals surface area contributed by atoms with Gasteiger partial charge < -0.3 is 5.11 Å². The van der Waals surface area contributed by atoms with Crippen LogP contribution in [0.15, 0.2) is 30.3 Å². The Kier molecular flexibility index (Phi) is 4.68. The molecule has 0 unspecified atom stereocenters. The minimum Gasteiger partial charge on any atom is -0.396 e. The lowest BCUT2D eigenvalue weighted by Crippen LogP contribution is -2.38. The van der Waals surface area contributed by atoms with Gasteiger partial charge >= 0.3 is 0 Å². The molecular formula is C10H14N2O2. The van der Waals surface area contributed by atoms with Crippen LogP contribution in [0.2, 0.25) is 0 Å². The minimum atomic E-state index is -0.163. The van der Waals surface area contributed by atoms with Crippen LogP contribution in [-0.4, -0.2) is 24.2 Å². The van der Waals surface area contributed by atoms with Crippen molar-refractivity contribution in [1.82, 2.24) is 10.9 Å². The molecule has 1 aromatic rings. The van der Waals surface area contributed by atoms with E-state index in [1.165, 1.54) is 0 Å². The summed E-state index contributed by atoms with van der Waals surface area (Å²) in [5, 5.41) is 8.50. The molecule has 0 bridgehead atoms. The molecule has 14 heavy (non-hydrogen) atoms. The van der Waals surface area contributed by atoms with Crippen LogP contribution in [0.4, 0.5) is 0 Å². The van der Waals surface area contributed by atoms with Crippen molar-refractivity contribution in [3.63, 3.8) is 0 Å². The fraction of sp³-hybridized carbons (Fsp3) is 0.300. The summed E-state index contributed by atoms with van der Waals surface area (Å²) < 4.78 is 0. The van der Waals surface area contributed by atoms with Gasteiger partial charge in [-0.2, -0.15) is 0 Å². The molecule has 4 heteroatoms. The lowest BCUT2D eigenvalue weighted by Gasteiger charge is -2.05. The molecule has 0 saturated heterocycles. The van der Waals surface area contributed by atoms with E-state index in [9.17, 15) is 4.79 Å². The molecule has 0 radical (unpaired) electrons. The van der Waals surface area contributed by atoms with E-state index in [-0.39, 0.29) is 12.5 Å². The van der Waals surface area contributed by atoms with Crippen molar-refractivity contribution in [2.24, 2.45) is 0 Å². The molecule has 0 heterocycles. The smallest absolute Gasteiger partial charge is 0.265 e. The molecular weight excluding hydrogens is 180 g/mol. The number of amides is 1. The van der Waals surface area contributed by atoms with Gasteiger partial charge in [0.05, 0.1) is 0 Å². The Balaban J connectivity index is 2.29. The number of aliphatic hydroxyl groups is 1. The quantitative estimate of drug-likeness (QED) is 0.467. The Morgan fingerprint density at radius 1 is 1.29 bits per heavy atom. The van der Waals surface area contributed by atoms with Gasteiger partial charge in [-0.3, -0.25) is 10.2 Å². The van der Waals surface area contributed by atoms with E-state index in [1.54, 1.807) is 12.1 Å². The van der Waals surface area contributed by atoms with Crippen molar-refractivity contribution in [1.29, 1.82) is 0 Å². The number of hydrogen-bond acceptors (Lipinski definition) is 3. The van der Waals surface area contributed by atoms with Crippen LogP contribution in [-0.2, 0) is 0 Å². The zero-order chi connectivity index (χ0) is 10.2. The summed E-state index contributed by atoms with van der Waals surface area (Å²) in [5.41, 5.74) is 5.87. The first-order valence-corrected chi connectivity index (χ1v) is 4.53. The SMILES string of the molecule is O=C(NNCCCO)c1ccccc1. The van der Waals surface area contributed by atoms with Crippen LogP contribution in [0.1, 0.15) is 16.8 Å². The number of hydrogen-bond donors (Lipinski definition) is 3. The maximum atomic E-state index is 11.4. The third-order valence-corrected chi connectivity index (χ3v) is 1.70. The van der Waals surface area contributed by atoms with Gasteiger partial charge in [0.25, 0.3) is 5.91 Å². The highest BCUT2D eigenvalue weighted by atomic mass is 16.3. The zero-order valence-corrected chi connectivity index (χ0v) is 7.86. The van der Waals surface area contributed by atoms with Gasteiger partial charge in [0, 0.05) is 18.7 Å². The first-order chi connectivity index (χ1) is 6.84. The second kappa shape index (κ2) is 6.12. The Hall–Kier alpha value is -1.39. The van der Waals surface area contributed by atoms with Crippen LogP contribution in [0.5, 0.6) is 0 Å². The predicted molar refractivity (Wildman–Crippen MR) is 53.6 cm³/mol. The summed E-state index contributed by atoms with van der Waals surface area (Å²) >= 11 is 0. The average Bonchev–Trinajstić information content (AvgIpc) is 2.25. The molecule has 1 rings (SSSR count). The molecule has 0 aliphatic heterocycles. The van der Waals surface area contributed by atoms with Gasteiger partial charge in [-0.05, 0) is 18.6 Å². The molecule has 0 aliphatic carbocycles. The van der Waals surface area contributed by atoms with E-state index in [0.29, 0.717) is 18.5 Å². The standard InChI is InChI=1S/C10H14N2O2/c13-8-4-7-11-12-10(14)9-5-2-1-3-6-9/h1-3,5-6,11,13H,4,7-8H2,(H,12,14). The lowest BCUT2D eigenvalue weighted by atomic mass is 10.2. The van der Waals surface area contributed by atoms with Crippen molar-refractivity contribution < 1.29 is 9.90 Å². The van der Waals surface area contributed by atoms with Gasteiger partial charge in [-0.1, -0.05) is 18.2 Å². The van der Waals surface area contributed by atoms with Crippen LogP contribution in [0.3, 0.4) is 0 Å². The molecule has 76 valence electrons.